The van der Waals surface area contributed by atoms with Crippen LogP contribution in [0, 0.1) is 3.57 Å². The van der Waals surface area contributed by atoms with E-state index in [1.54, 1.807) is 26.0 Å². The summed E-state index contributed by atoms with van der Waals surface area (Å²) in [6, 6.07) is 3.24. The lowest BCUT2D eigenvalue weighted by molar-refractivity contribution is -0.143. The summed E-state index contributed by atoms with van der Waals surface area (Å²) in [6.45, 7) is 4.07. The number of halogens is 2. The molecule has 1 rings (SSSR count). The first-order valence-electron chi connectivity index (χ1n) is 6.42. The van der Waals surface area contributed by atoms with Crippen molar-refractivity contribution in [1.29, 1.82) is 0 Å². The van der Waals surface area contributed by atoms with Crippen LogP contribution in [-0.2, 0) is 9.53 Å². The van der Waals surface area contributed by atoms with E-state index < -0.39 is 5.97 Å². The number of esters is 1. The molecule has 0 saturated carbocycles. The molecule has 1 amide bonds. The summed E-state index contributed by atoms with van der Waals surface area (Å²) in [5.74, 6) is -0.333. The minimum absolute atomic E-state index is 0.101. The Bertz CT molecular complexity index is 536. The zero-order valence-corrected chi connectivity index (χ0v) is 15.0. The Morgan fingerprint density at radius 1 is 1.33 bits per heavy atom. The Kier molecular flexibility index (Phi) is 7.24. The van der Waals surface area contributed by atoms with Gasteiger partial charge in [0.2, 0.25) is 0 Å². The second-order valence-corrected chi connectivity index (χ2v) is 5.66. The van der Waals surface area contributed by atoms with E-state index in [1.807, 2.05) is 0 Å². The van der Waals surface area contributed by atoms with E-state index in [0.29, 0.717) is 22.9 Å². The van der Waals surface area contributed by atoms with Crippen molar-refractivity contribution in [2.45, 2.75) is 13.8 Å². The van der Waals surface area contributed by atoms with Crippen LogP contribution in [0.25, 0.3) is 0 Å². The molecule has 0 aromatic heterocycles. The standard InChI is InChI=1S/C14H17ClINO4/c1-4-17(8-13(18)21-5-2)14(19)9-6-10(15)11(16)7-12(9)20-3/h6-7H,4-5,8H2,1-3H3. The van der Waals surface area contributed by atoms with Crippen LogP contribution in [0.1, 0.15) is 24.2 Å². The zero-order valence-electron chi connectivity index (χ0n) is 12.1. The minimum atomic E-state index is -0.441. The summed E-state index contributed by atoms with van der Waals surface area (Å²) in [5.41, 5.74) is 0.328. The summed E-state index contributed by atoms with van der Waals surface area (Å²) >= 11 is 8.12. The van der Waals surface area contributed by atoms with Crippen LogP contribution in [-0.4, -0.2) is 43.6 Å². The molecule has 0 atom stereocenters. The molecular weight excluding hydrogens is 409 g/mol. The van der Waals surface area contributed by atoms with Crippen molar-refractivity contribution < 1.29 is 19.1 Å². The maximum Gasteiger partial charge on any atom is 0.325 e. The van der Waals surface area contributed by atoms with Gasteiger partial charge in [0, 0.05) is 10.1 Å². The number of hydrogen-bond acceptors (Lipinski definition) is 4. The molecule has 5 nitrogen and oxygen atoms in total. The highest BCUT2D eigenvalue weighted by molar-refractivity contribution is 14.1. The average Bonchev–Trinajstić information content (AvgIpc) is 2.46. The lowest BCUT2D eigenvalue weighted by Gasteiger charge is -2.21. The number of benzene rings is 1. The summed E-state index contributed by atoms with van der Waals surface area (Å²) in [6.07, 6.45) is 0. The van der Waals surface area contributed by atoms with Crippen molar-refractivity contribution in [3.8, 4) is 5.75 Å². The molecule has 0 heterocycles. The van der Waals surface area contributed by atoms with Crippen molar-refractivity contribution in [2.75, 3.05) is 26.8 Å². The number of rotatable bonds is 6. The van der Waals surface area contributed by atoms with E-state index in [-0.39, 0.29) is 19.1 Å². The second-order valence-electron chi connectivity index (χ2n) is 4.09. The molecule has 0 aliphatic heterocycles. The molecule has 0 aliphatic carbocycles. The number of amides is 1. The van der Waals surface area contributed by atoms with Crippen molar-refractivity contribution in [3.05, 3.63) is 26.3 Å². The van der Waals surface area contributed by atoms with Gasteiger partial charge in [0.1, 0.15) is 12.3 Å². The van der Waals surface area contributed by atoms with Crippen LogP contribution in [0.2, 0.25) is 5.02 Å². The molecule has 0 saturated heterocycles. The smallest absolute Gasteiger partial charge is 0.325 e. The zero-order chi connectivity index (χ0) is 16.0. The predicted octanol–water partition coefficient (Wildman–Crippen LogP) is 2.98. The van der Waals surface area contributed by atoms with Crippen molar-refractivity contribution >= 4 is 46.1 Å². The van der Waals surface area contributed by atoms with Crippen molar-refractivity contribution in [3.63, 3.8) is 0 Å². The molecule has 0 spiro atoms. The first-order valence-corrected chi connectivity index (χ1v) is 7.88. The van der Waals surface area contributed by atoms with Crippen molar-refractivity contribution in [2.24, 2.45) is 0 Å². The van der Waals surface area contributed by atoms with Crippen LogP contribution in [0.3, 0.4) is 0 Å². The highest BCUT2D eigenvalue weighted by Crippen LogP contribution is 2.29. The third-order valence-electron chi connectivity index (χ3n) is 2.77. The molecule has 0 N–H and O–H groups in total. The molecule has 0 fully saturated rings. The fourth-order valence-electron chi connectivity index (χ4n) is 1.72. The first kappa shape index (κ1) is 18.0. The van der Waals surface area contributed by atoms with Gasteiger partial charge >= 0.3 is 5.97 Å². The minimum Gasteiger partial charge on any atom is -0.496 e. The van der Waals surface area contributed by atoms with Gasteiger partial charge in [-0.15, -0.1) is 0 Å². The molecule has 116 valence electrons. The van der Waals surface area contributed by atoms with E-state index in [9.17, 15) is 9.59 Å². The fraction of sp³-hybridized carbons (Fsp3) is 0.429. The van der Waals surface area contributed by atoms with Gasteiger partial charge in [-0.3, -0.25) is 9.59 Å². The van der Waals surface area contributed by atoms with E-state index >= 15 is 0 Å². The number of hydrogen-bond donors (Lipinski definition) is 0. The van der Waals surface area contributed by atoms with E-state index in [1.165, 1.54) is 12.0 Å². The molecule has 1 aromatic rings. The van der Waals surface area contributed by atoms with Gasteiger partial charge < -0.3 is 14.4 Å². The number of likely N-dealkylation sites (N-methyl/N-ethyl adjacent to an activating group) is 1. The third-order valence-corrected chi connectivity index (χ3v) is 4.29. The monoisotopic (exact) mass is 425 g/mol. The first-order chi connectivity index (χ1) is 9.94. The number of methoxy groups -OCH3 is 1. The molecule has 0 aliphatic rings. The topological polar surface area (TPSA) is 55.8 Å². The van der Waals surface area contributed by atoms with Crippen LogP contribution in [0.4, 0.5) is 0 Å². The Balaban J connectivity index is 3.04. The fourth-order valence-corrected chi connectivity index (χ4v) is 2.33. The van der Waals surface area contributed by atoms with Crippen LogP contribution in [0.5, 0.6) is 5.75 Å². The maximum atomic E-state index is 12.5. The molecular formula is C14H17ClINO4. The second kappa shape index (κ2) is 8.43. The predicted molar refractivity (Wildman–Crippen MR) is 88.9 cm³/mol. The molecule has 7 heteroatoms. The van der Waals surface area contributed by atoms with Gasteiger partial charge in [-0.1, -0.05) is 11.6 Å². The molecule has 0 radical (unpaired) electrons. The number of carbonyl (C=O) groups excluding carboxylic acids is 2. The largest absolute Gasteiger partial charge is 0.496 e. The Morgan fingerprint density at radius 3 is 2.52 bits per heavy atom. The maximum absolute atomic E-state index is 12.5. The highest BCUT2D eigenvalue weighted by atomic mass is 127. The van der Waals surface area contributed by atoms with Gasteiger partial charge in [-0.05, 0) is 48.6 Å². The lowest BCUT2D eigenvalue weighted by atomic mass is 10.1. The highest BCUT2D eigenvalue weighted by Gasteiger charge is 2.22. The summed E-state index contributed by atoms with van der Waals surface area (Å²) in [5, 5.41) is 0.465. The van der Waals surface area contributed by atoms with Gasteiger partial charge in [-0.25, -0.2) is 0 Å². The summed E-state index contributed by atoms with van der Waals surface area (Å²) in [7, 11) is 1.48. The molecule has 0 unspecified atom stereocenters. The lowest BCUT2D eigenvalue weighted by Crippen LogP contribution is -2.36. The normalized spacial score (nSPS) is 10.1. The Hall–Kier alpha value is -1.02. The van der Waals surface area contributed by atoms with Crippen LogP contribution >= 0.6 is 34.2 Å². The molecule has 0 bridgehead atoms. The summed E-state index contributed by atoms with van der Waals surface area (Å²) < 4.78 is 10.9. The van der Waals surface area contributed by atoms with Gasteiger partial charge in [0.05, 0.1) is 24.3 Å². The van der Waals surface area contributed by atoms with Crippen LogP contribution in [0.15, 0.2) is 12.1 Å². The molecule has 1 aromatic carbocycles. The number of carbonyl (C=O) groups is 2. The van der Waals surface area contributed by atoms with Gasteiger partial charge in [-0.2, -0.15) is 0 Å². The number of nitrogens with zero attached hydrogens (tertiary/aromatic N) is 1. The summed E-state index contributed by atoms with van der Waals surface area (Å²) in [4.78, 5) is 25.5. The van der Waals surface area contributed by atoms with Gasteiger partial charge in [0.15, 0.2) is 0 Å². The van der Waals surface area contributed by atoms with E-state index in [4.69, 9.17) is 21.1 Å². The average molecular weight is 426 g/mol. The third kappa shape index (κ3) is 4.74. The van der Waals surface area contributed by atoms with E-state index in [0.717, 1.165) is 3.57 Å². The number of ether oxygens (including phenoxy) is 2. The van der Waals surface area contributed by atoms with Crippen molar-refractivity contribution in [1.82, 2.24) is 4.90 Å². The SMILES string of the molecule is CCOC(=O)CN(CC)C(=O)c1cc(Cl)c(I)cc1OC. The molecule has 21 heavy (non-hydrogen) atoms. The Labute approximate surface area is 142 Å². The van der Waals surface area contributed by atoms with E-state index in [2.05, 4.69) is 22.6 Å². The van der Waals surface area contributed by atoms with Crippen LogP contribution < -0.4 is 4.74 Å². The Morgan fingerprint density at radius 2 is 2.00 bits per heavy atom. The quantitative estimate of drug-likeness (QED) is 0.519. The van der Waals surface area contributed by atoms with Gasteiger partial charge in [0.25, 0.3) is 5.91 Å².